The second-order valence-corrected chi connectivity index (χ2v) is 4.55. The van der Waals surface area contributed by atoms with Crippen molar-refractivity contribution in [3.63, 3.8) is 0 Å². The fourth-order valence-corrected chi connectivity index (χ4v) is 1.82. The molecule has 0 amide bonds. The summed E-state index contributed by atoms with van der Waals surface area (Å²) in [6.45, 7) is 2.51. The van der Waals surface area contributed by atoms with Gasteiger partial charge in [0.15, 0.2) is 0 Å². The van der Waals surface area contributed by atoms with Crippen LogP contribution < -0.4 is 10.1 Å². The van der Waals surface area contributed by atoms with Gasteiger partial charge < -0.3 is 10.1 Å². The first-order chi connectivity index (χ1) is 9.94. The Morgan fingerprint density at radius 3 is 2.43 bits per heavy atom. The lowest BCUT2D eigenvalue weighted by Gasteiger charge is -2.14. The fraction of sp³-hybridized carbons (Fsp3) is 0.267. The summed E-state index contributed by atoms with van der Waals surface area (Å²) in [7, 11) is 0. The van der Waals surface area contributed by atoms with E-state index < -0.39 is 6.36 Å². The van der Waals surface area contributed by atoms with Crippen LogP contribution in [0.4, 0.5) is 13.2 Å². The molecule has 112 valence electrons. The number of hydrogen-bond donors (Lipinski definition) is 1. The molecule has 0 aliphatic rings. The van der Waals surface area contributed by atoms with Crippen molar-refractivity contribution in [3.8, 4) is 5.75 Å². The van der Waals surface area contributed by atoms with Gasteiger partial charge in [-0.25, -0.2) is 0 Å². The van der Waals surface area contributed by atoms with E-state index >= 15 is 0 Å². The van der Waals surface area contributed by atoms with E-state index in [1.54, 1.807) is 18.3 Å². The first-order valence-corrected chi connectivity index (χ1v) is 6.43. The third kappa shape index (κ3) is 5.07. The highest BCUT2D eigenvalue weighted by Crippen LogP contribution is 2.22. The molecule has 0 radical (unpaired) electrons. The molecule has 0 aliphatic carbocycles. The molecule has 0 spiro atoms. The van der Waals surface area contributed by atoms with E-state index in [2.05, 4.69) is 15.0 Å². The molecule has 2 rings (SSSR count). The monoisotopic (exact) mass is 296 g/mol. The molecule has 0 bridgehead atoms. The molecule has 1 atom stereocenters. The maximum absolute atomic E-state index is 12.0. The molecule has 0 saturated heterocycles. The summed E-state index contributed by atoms with van der Waals surface area (Å²) in [6, 6.07) is 11.5. The zero-order valence-corrected chi connectivity index (χ0v) is 11.4. The lowest BCUT2D eigenvalue weighted by Crippen LogP contribution is -2.19. The molecule has 1 N–H and O–H groups in total. The van der Waals surface area contributed by atoms with E-state index in [1.807, 2.05) is 25.1 Å². The van der Waals surface area contributed by atoms with Gasteiger partial charge in [0.25, 0.3) is 0 Å². The summed E-state index contributed by atoms with van der Waals surface area (Å²) in [6.07, 6.45) is -2.94. The zero-order chi connectivity index (χ0) is 15.3. The number of nitrogens with one attached hydrogen (secondary N) is 1. The third-order valence-corrected chi connectivity index (χ3v) is 2.90. The summed E-state index contributed by atoms with van der Waals surface area (Å²) < 4.78 is 39.9. The van der Waals surface area contributed by atoms with Crippen molar-refractivity contribution in [2.75, 3.05) is 0 Å². The average Bonchev–Trinajstić information content (AvgIpc) is 2.45. The Kier molecular flexibility index (Phi) is 4.80. The van der Waals surface area contributed by atoms with E-state index in [1.165, 1.54) is 12.1 Å². The molecule has 1 aromatic heterocycles. The van der Waals surface area contributed by atoms with Crippen molar-refractivity contribution in [1.82, 2.24) is 10.3 Å². The molecule has 0 fully saturated rings. The van der Waals surface area contributed by atoms with Crippen LogP contribution in [-0.2, 0) is 6.54 Å². The Morgan fingerprint density at radius 2 is 1.86 bits per heavy atom. The molecular weight excluding hydrogens is 281 g/mol. The first-order valence-electron chi connectivity index (χ1n) is 6.43. The van der Waals surface area contributed by atoms with Gasteiger partial charge in [-0.15, -0.1) is 13.2 Å². The Hall–Kier alpha value is -2.08. The Bertz CT molecular complexity index is 555. The van der Waals surface area contributed by atoms with E-state index in [0.717, 1.165) is 11.3 Å². The SMILES string of the molecule is CC(NCc1ccc(OC(F)(F)F)cc1)c1ccccn1. The predicted molar refractivity (Wildman–Crippen MR) is 72.6 cm³/mol. The molecule has 3 nitrogen and oxygen atoms in total. The van der Waals surface area contributed by atoms with Crippen LogP contribution in [0.15, 0.2) is 48.7 Å². The second kappa shape index (κ2) is 6.58. The predicted octanol–water partition coefficient (Wildman–Crippen LogP) is 3.83. The molecule has 1 unspecified atom stereocenters. The number of hydrogen-bond acceptors (Lipinski definition) is 3. The summed E-state index contributed by atoms with van der Waals surface area (Å²) in [5.74, 6) is -0.218. The van der Waals surface area contributed by atoms with E-state index in [-0.39, 0.29) is 11.8 Å². The lowest BCUT2D eigenvalue weighted by molar-refractivity contribution is -0.274. The molecule has 0 saturated carbocycles. The third-order valence-electron chi connectivity index (χ3n) is 2.90. The number of nitrogens with zero attached hydrogens (tertiary/aromatic N) is 1. The number of rotatable bonds is 5. The molecule has 6 heteroatoms. The van der Waals surface area contributed by atoms with E-state index in [0.29, 0.717) is 6.54 Å². The number of aromatic nitrogens is 1. The number of alkyl halides is 3. The Balaban J connectivity index is 1.89. The maximum atomic E-state index is 12.0. The second-order valence-electron chi connectivity index (χ2n) is 4.55. The van der Waals surface area contributed by atoms with Gasteiger partial charge in [-0.2, -0.15) is 0 Å². The van der Waals surface area contributed by atoms with Crippen LogP contribution in [0, 0.1) is 0 Å². The number of halogens is 3. The minimum Gasteiger partial charge on any atom is -0.406 e. The van der Waals surface area contributed by atoms with E-state index in [4.69, 9.17) is 0 Å². The molecule has 0 aliphatic heterocycles. The first kappa shape index (κ1) is 15.3. The highest BCUT2D eigenvalue weighted by Gasteiger charge is 2.30. The quantitative estimate of drug-likeness (QED) is 0.910. The maximum Gasteiger partial charge on any atom is 0.573 e. The topological polar surface area (TPSA) is 34.1 Å². The van der Waals surface area contributed by atoms with Crippen molar-refractivity contribution < 1.29 is 17.9 Å². The van der Waals surface area contributed by atoms with E-state index in [9.17, 15) is 13.2 Å². The molecule has 21 heavy (non-hydrogen) atoms. The van der Waals surface area contributed by atoms with Gasteiger partial charge in [-0.3, -0.25) is 4.98 Å². The smallest absolute Gasteiger partial charge is 0.406 e. The van der Waals surface area contributed by atoms with Gasteiger partial charge in [0, 0.05) is 18.8 Å². The van der Waals surface area contributed by atoms with Gasteiger partial charge in [0.05, 0.1) is 5.69 Å². The van der Waals surface area contributed by atoms with Crippen LogP contribution >= 0.6 is 0 Å². The average molecular weight is 296 g/mol. The number of ether oxygens (including phenoxy) is 1. The molecule has 2 aromatic rings. The van der Waals surface area contributed by atoms with Gasteiger partial charge in [0.1, 0.15) is 5.75 Å². The Labute approximate surface area is 120 Å². The molecular formula is C15H15F3N2O. The van der Waals surface area contributed by atoms with Gasteiger partial charge in [-0.05, 0) is 36.8 Å². The Morgan fingerprint density at radius 1 is 1.14 bits per heavy atom. The number of pyridine rings is 1. The van der Waals surface area contributed by atoms with Gasteiger partial charge in [-0.1, -0.05) is 18.2 Å². The zero-order valence-electron chi connectivity index (χ0n) is 11.4. The van der Waals surface area contributed by atoms with Crippen LogP contribution in [0.5, 0.6) is 5.75 Å². The van der Waals surface area contributed by atoms with Gasteiger partial charge in [0.2, 0.25) is 0 Å². The standard InChI is InChI=1S/C15H15F3N2O/c1-11(14-4-2-3-9-19-14)20-10-12-5-7-13(8-6-12)21-15(16,17)18/h2-9,11,20H,10H2,1H3. The van der Waals surface area contributed by atoms with Crippen LogP contribution in [0.2, 0.25) is 0 Å². The normalized spacial score (nSPS) is 13.0. The fourth-order valence-electron chi connectivity index (χ4n) is 1.82. The van der Waals surface area contributed by atoms with Crippen LogP contribution in [0.25, 0.3) is 0 Å². The van der Waals surface area contributed by atoms with Gasteiger partial charge >= 0.3 is 6.36 Å². The summed E-state index contributed by atoms with van der Waals surface area (Å²) in [4.78, 5) is 4.24. The summed E-state index contributed by atoms with van der Waals surface area (Å²) in [5.41, 5.74) is 1.78. The van der Waals surface area contributed by atoms with Crippen molar-refractivity contribution in [3.05, 3.63) is 59.9 Å². The summed E-state index contributed by atoms with van der Waals surface area (Å²) in [5, 5.41) is 3.26. The lowest BCUT2D eigenvalue weighted by atomic mass is 10.1. The number of benzene rings is 1. The van der Waals surface area contributed by atoms with Crippen LogP contribution in [-0.4, -0.2) is 11.3 Å². The minimum atomic E-state index is -4.66. The highest BCUT2D eigenvalue weighted by molar-refractivity contribution is 5.27. The van der Waals surface area contributed by atoms with Crippen molar-refractivity contribution in [2.45, 2.75) is 25.9 Å². The van der Waals surface area contributed by atoms with Crippen LogP contribution in [0.1, 0.15) is 24.2 Å². The molecule has 1 heterocycles. The largest absolute Gasteiger partial charge is 0.573 e. The minimum absolute atomic E-state index is 0.0531. The van der Waals surface area contributed by atoms with Crippen molar-refractivity contribution >= 4 is 0 Å². The molecule has 1 aromatic carbocycles. The van der Waals surface area contributed by atoms with Crippen LogP contribution in [0.3, 0.4) is 0 Å². The highest BCUT2D eigenvalue weighted by atomic mass is 19.4. The van der Waals surface area contributed by atoms with Crippen molar-refractivity contribution in [2.24, 2.45) is 0 Å². The summed E-state index contributed by atoms with van der Waals surface area (Å²) >= 11 is 0. The van der Waals surface area contributed by atoms with Crippen molar-refractivity contribution in [1.29, 1.82) is 0 Å².